The van der Waals surface area contributed by atoms with Crippen molar-refractivity contribution >= 4 is 29.3 Å². The van der Waals surface area contributed by atoms with Gasteiger partial charge >= 0.3 is 5.97 Å². The van der Waals surface area contributed by atoms with E-state index in [1.807, 2.05) is 30.5 Å². The van der Waals surface area contributed by atoms with Gasteiger partial charge in [0.2, 0.25) is 0 Å². The van der Waals surface area contributed by atoms with Crippen LogP contribution in [0.5, 0.6) is 0 Å². The molecule has 1 N–H and O–H groups in total. The Hall–Kier alpha value is -2.34. The van der Waals surface area contributed by atoms with E-state index >= 15 is 0 Å². The average molecular weight is 372 g/mol. The van der Waals surface area contributed by atoms with Crippen LogP contribution in [0.15, 0.2) is 47.6 Å². The maximum atomic E-state index is 12.5. The molecule has 0 aliphatic carbocycles. The Bertz CT molecular complexity index is 779. The Morgan fingerprint density at radius 2 is 1.92 bits per heavy atom. The largest absolute Gasteiger partial charge is 0.449 e. The lowest BCUT2D eigenvalue weighted by Gasteiger charge is -2.18. The first-order valence-corrected chi connectivity index (χ1v) is 9.80. The summed E-state index contributed by atoms with van der Waals surface area (Å²) < 4.78 is 5.34. The molecule has 0 fully saturated rings. The van der Waals surface area contributed by atoms with Gasteiger partial charge in [0.15, 0.2) is 6.10 Å². The standard InChI is InChI=1S/C20H24N2O3S/c1-5-13(2)15-9-6-7-11-17(15)22-18(23)14(3)25-20(24)16-10-8-12-21-19(16)26-4/h6-14H,5H2,1-4H3,(H,22,23)/t13-,14-/m0/s1. The highest BCUT2D eigenvalue weighted by Crippen LogP contribution is 2.26. The van der Waals surface area contributed by atoms with Crippen LogP contribution in [0.3, 0.4) is 0 Å². The maximum Gasteiger partial charge on any atom is 0.341 e. The molecule has 1 aromatic heterocycles. The molecule has 0 bridgehead atoms. The van der Waals surface area contributed by atoms with Crippen LogP contribution in [0.1, 0.15) is 49.0 Å². The number of pyridine rings is 1. The third-order valence-electron chi connectivity index (χ3n) is 4.20. The average Bonchev–Trinajstić information content (AvgIpc) is 2.67. The second-order valence-electron chi connectivity index (χ2n) is 5.99. The number of esters is 1. The summed E-state index contributed by atoms with van der Waals surface area (Å²) >= 11 is 1.36. The monoisotopic (exact) mass is 372 g/mol. The van der Waals surface area contributed by atoms with E-state index in [4.69, 9.17) is 4.74 Å². The highest BCUT2D eigenvalue weighted by molar-refractivity contribution is 7.98. The van der Waals surface area contributed by atoms with Crippen LogP contribution in [0.25, 0.3) is 0 Å². The third kappa shape index (κ3) is 4.85. The predicted octanol–water partition coefficient (Wildman–Crippen LogP) is 4.50. The van der Waals surface area contributed by atoms with Gasteiger partial charge in [-0.2, -0.15) is 0 Å². The van der Waals surface area contributed by atoms with Gasteiger partial charge in [0, 0.05) is 11.9 Å². The van der Waals surface area contributed by atoms with Gasteiger partial charge in [0.05, 0.1) is 5.56 Å². The number of amides is 1. The highest BCUT2D eigenvalue weighted by atomic mass is 32.2. The molecule has 0 radical (unpaired) electrons. The van der Waals surface area contributed by atoms with Crippen molar-refractivity contribution in [3.8, 4) is 0 Å². The van der Waals surface area contributed by atoms with Gasteiger partial charge in [0.25, 0.3) is 5.91 Å². The van der Waals surface area contributed by atoms with Gasteiger partial charge in [-0.05, 0) is 49.3 Å². The molecule has 1 amide bonds. The summed E-state index contributed by atoms with van der Waals surface area (Å²) in [5, 5.41) is 3.45. The van der Waals surface area contributed by atoms with E-state index in [0.717, 1.165) is 17.7 Å². The number of anilines is 1. The van der Waals surface area contributed by atoms with Crippen LogP contribution >= 0.6 is 11.8 Å². The molecule has 0 saturated carbocycles. The minimum Gasteiger partial charge on any atom is -0.449 e. The molecular formula is C20H24N2O3S. The number of nitrogens with zero attached hydrogens (tertiary/aromatic N) is 1. The summed E-state index contributed by atoms with van der Waals surface area (Å²) in [6.07, 6.45) is 3.50. The number of benzene rings is 1. The summed E-state index contributed by atoms with van der Waals surface area (Å²) in [4.78, 5) is 29.0. The van der Waals surface area contributed by atoms with E-state index in [0.29, 0.717) is 16.5 Å². The molecule has 2 rings (SSSR count). The lowest BCUT2D eigenvalue weighted by Crippen LogP contribution is -2.30. The van der Waals surface area contributed by atoms with Crippen molar-refractivity contribution < 1.29 is 14.3 Å². The van der Waals surface area contributed by atoms with Gasteiger partial charge in [-0.25, -0.2) is 9.78 Å². The number of nitrogens with one attached hydrogen (secondary N) is 1. The molecule has 1 heterocycles. The fourth-order valence-electron chi connectivity index (χ4n) is 2.48. The molecular weight excluding hydrogens is 348 g/mol. The molecule has 138 valence electrons. The smallest absolute Gasteiger partial charge is 0.341 e. The summed E-state index contributed by atoms with van der Waals surface area (Å²) in [6.45, 7) is 5.78. The van der Waals surface area contributed by atoms with E-state index in [1.54, 1.807) is 25.3 Å². The number of ether oxygens (including phenoxy) is 1. The Balaban J connectivity index is 2.08. The van der Waals surface area contributed by atoms with Crippen LogP contribution < -0.4 is 5.32 Å². The number of para-hydroxylation sites is 1. The van der Waals surface area contributed by atoms with Gasteiger partial charge in [-0.1, -0.05) is 32.0 Å². The fourth-order valence-corrected chi connectivity index (χ4v) is 3.02. The number of thioether (sulfide) groups is 1. The lowest BCUT2D eigenvalue weighted by atomic mass is 9.97. The summed E-state index contributed by atoms with van der Waals surface area (Å²) in [6, 6.07) is 11.0. The van der Waals surface area contributed by atoms with Crippen LogP contribution in [-0.4, -0.2) is 29.2 Å². The molecule has 0 aliphatic heterocycles. The zero-order valence-electron chi connectivity index (χ0n) is 15.5. The molecule has 0 aliphatic rings. The first kappa shape index (κ1) is 20.0. The Kier molecular flexibility index (Phi) is 7.21. The number of hydrogen-bond acceptors (Lipinski definition) is 5. The topological polar surface area (TPSA) is 68.3 Å². The van der Waals surface area contributed by atoms with Crippen molar-refractivity contribution in [3.63, 3.8) is 0 Å². The molecule has 0 unspecified atom stereocenters. The number of aromatic nitrogens is 1. The molecule has 5 nitrogen and oxygen atoms in total. The van der Waals surface area contributed by atoms with Crippen LogP contribution in [-0.2, 0) is 9.53 Å². The summed E-state index contributed by atoms with van der Waals surface area (Å²) in [7, 11) is 0. The summed E-state index contributed by atoms with van der Waals surface area (Å²) in [5.74, 6) is -0.590. The Labute approximate surface area is 158 Å². The fraction of sp³-hybridized carbons (Fsp3) is 0.350. The minimum absolute atomic E-state index is 0.323. The molecule has 2 atom stereocenters. The lowest BCUT2D eigenvalue weighted by molar-refractivity contribution is -0.123. The molecule has 26 heavy (non-hydrogen) atoms. The molecule has 6 heteroatoms. The van der Waals surface area contributed by atoms with Crippen LogP contribution in [0.2, 0.25) is 0 Å². The first-order chi connectivity index (χ1) is 12.5. The minimum atomic E-state index is -0.914. The summed E-state index contributed by atoms with van der Waals surface area (Å²) in [5.41, 5.74) is 2.18. The Morgan fingerprint density at radius 3 is 2.62 bits per heavy atom. The SMILES string of the molecule is CC[C@H](C)c1ccccc1NC(=O)[C@H](C)OC(=O)c1cccnc1SC. The molecule has 1 aromatic carbocycles. The van der Waals surface area contributed by atoms with E-state index in [-0.39, 0.29) is 5.91 Å². The third-order valence-corrected chi connectivity index (χ3v) is 4.91. The van der Waals surface area contributed by atoms with E-state index in [9.17, 15) is 9.59 Å². The highest BCUT2D eigenvalue weighted by Gasteiger charge is 2.22. The number of hydrogen-bond donors (Lipinski definition) is 1. The van der Waals surface area contributed by atoms with Crippen molar-refractivity contribution in [2.45, 2.75) is 44.2 Å². The Morgan fingerprint density at radius 1 is 1.19 bits per heavy atom. The second kappa shape index (κ2) is 9.38. The molecule has 0 spiro atoms. The number of carbonyl (C=O) groups is 2. The first-order valence-electron chi connectivity index (χ1n) is 8.57. The van der Waals surface area contributed by atoms with E-state index in [1.165, 1.54) is 11.8 Å². The van der Waals surface area contributed by atoms with Gasteiger partial charge in [-0.15, -0.1) is 11.8 Å². The zero-order chi connectivity index (χ0) is 19.1. The van der Waals surface area contributed by atoms with E-state index < -0.39 is 12.1 Å². The van der Waals surface area contributed by atoms with Crippen molar-refractivity contribution in [2.75, 3.05) is 11.6 Å². The maximum absolute atomic E-state index is 12.5. The van der Waals surface area contributed by atoms with Crippen molar-refractivity contribution in [1.29, 1.82) is 0 Å². The van der Waals surface area contributed by atoms with Gasteiger partial charge < -0.3 is 10.1 Å². The van der Waals surface area contributed by atoms with E-state index in [2.05, 4.69) is 24.1 Å². The zero-order valence-corrected chi connectivity index (χ0v) is 16.3. The van der Waals surface area contributed by atoms with Crippen LogP contribution in [0.4, 0.5) is 5.69 Å². The number of rotatable bonds is 7. The molecule has 0 saturated heterocycles. The normalized spacial score (nSPS) is 12.9. The molecule has 2 aromatic rings. The van der Waals surface area contributed by atoms with Crippen molar-refractivity contribution in [3.05, 3.63) is 53.7 Å². The van der Waals surface area contributed by atoms with Gasteiger partial charge in [0.1, 0.15) is 5.03 Å². The predicted molar refractivity (Wildman–Crippen MR) is 105 cm³/mol. The van der Waals surface area contributed by atoms with Gasteiger partial charge in [-0.3, -0.25) is 4.79 Å². The van der Waals surface area contributed by atoms with Crippen molar-refractivity contribution in [2.24, 2.45) is 0 Å². The number of carbonyl (C=O) groups excluding carboxylic acids is 2. The second-order valence-corrected chi connectivity index (χ2v) is 6.79. The van der Waals surface area contributed by atoms with Crippen molar-refractivity contribution in [1.82, 2.24) is 4.98 Å². The van der Waals surface area contributed by atoms with Crippen LogP contribution in [0, 0.1) is 0 Å². The quantitative estimate of drug-likeness (QED) is 0.572.